The maximum atomic E-state index is 12.0. The molecule has 0 aliphatic rings. The van der Waals surface area contributed by atoms with Crippen LogP contribution in [0.1, 0.15) is 15.9 Å². The molecule has 2 aromatic carbocycles. The molecular formula is C17H17NO4. The van der Waals surface area contributed by atoms with Gasteiger partial charge in [0, 0.05) is 11.3 Å². The molecular weight excluding hydrogens is 282 g/mol. The largest absolute Gasteiger partial charge is 0.497 e. The number of Topliss-reactive ketones (excluding diaryl/α,β-unsaturated/α-hetero) is 1. The van der Waals surface area contributed by atoms with Crippen LogP contribution < -0.4 is 10.1 Å². The number of anilines is 1. The summed E-state index contributed by atoms with van der Waals surface area (Å²) >= 11 is 0. The zero-order chi connectivity index (χ0) is 15.9. The normalized spacial score (nSPS) is 10.1. The van der Waals surface area contributed by atoms with Gasteiger partial charge in [0.15, 0.2) is 5.78 Å². The third-order valence-electron chi connectivity index (χ3n) is 3.14. The highest BCUT2D eigenvalue weighted by molar-refractivity contribution is 5.99. The van der Waals surface area contributed by atoms with Crippen molar-refractivity contribution in [3.05, 3.63) is 59.7 Å². The van der Waals surface area contributed by atoms with Crippen molar-refractivity contribution in [1.29, 1.82) is 0 Å². The minimum atomic E-state index is -0.552. The van der Waals surface area contributed by atoms with Gasteiger partial charge < -0.3 is 15.2 Å². The summed E-state index contributed by atoms with van der Waals surface area (Å²) in [6.07, 6.45) is 0.224. The number of ether oxygens (including phenoxy) is 1. The molecule has 2 N–H and O–H groups in total. The molecule has 0 unspecified atom stereocenters. The van der Waals surface area contributed by atoms with E-state index in [0.717, 1.165) is 11.3 Å². The Balaban J connectivity index is 2.00. The first kappa shape index (κ1) is 15.7. The van der Waals surface area contributed by atoms with Crippen LogP contribution in [-0.2, 0) is 11.2 Å². The van der Waals surface area contributed by atoms with Crippen LogP contribution in [0.3, 0.4) is 0 Å². The van der Waals surface area contributed by atoms with Gasteiger partial charge in [-0.3, -0.25) is 9.59 Å². The first-order chi connectivity index (χ1) is 10.6. The Kier molecular flexibility index (Phi) is 5.27. The molecule has 0 spiro atoms. The molecule has 0 heterocycles. The van der Waals surface area contributed by atoms with Crippen LogP contribution in [0.5, 0.6) is 5.75 Å². The van der Waals surface area contributed by atoms with E-state index in [9.17, 15) is 9.59 Å². The fourth-order valence-electron chi connectivity index (χ4n) is 2.00. The molecule has 5 heteroatoms. The van der Waals surface area contributed by atoms with Crippen LogP contribution in [0, 0.1) is 0 Å². The summed E-state index contributed by atoms with van der Waals surface area (Å²) in [5, 5.41) is 11.6. The van der Waals surface area contributed by atoms with Gasteiger partial charge in [-0.25, -0.2) is 0 Å². The number of carbonyl (C=O) groups is 2. The zero-order valence-electron chi connectivity index (χ0n) is 12.2. The van der Waals surface area contributed by atoms with Gasteiger partial charge in [-0.15, -0.1) is 0 Å². The van der Waals surface area contributed by atoms with Gasteiger partial charge in [0.1, 0.15) is 12.4 Å². The molecule has 0 radical (unpaired) electrons. The number of hydrogen-bond donors (Lipinski definition) is 2. The van der Waals surface area contributed by atoms with Crippen LogP contribution in [0.4, 0.5) is 5.69 Å². The van der Waals surface area contributed by atoms with Gasteiger partial charge in [0.05, 0.1) is 13.5 Å². The molecule has 0 aromatic heterocycles. The summed E-state index contributed by atoms with van der Waals surface area (Å²) < 4.78 is 5.06. The van der Waals surface area contributed by atoms with E-state index in [4.69, 9.17) is 9.84 Å². The Morgan fingerprint density at radius 3 is 2.50 bits per heavy atom. The monoisotopic (exact) mass is 299 g/mol. The molecule has 0 saturated heterocycles. The Morgan fingerprint density at radius 1 is 1.14 bits per heavy atom. The molecule has 2 rings (SSSR count). The van der Waals surface area contributed by atoms with E-state index in [0.29, 0.717) is 11.3 Å². The van der Waals surface area contributed by atoms with Gasteiger partial charge >= 0.3 is 0 Å². The Morgan fingerprint density at radius 2 is 1.86 bits per heavy atom. The number of aliphatic hydroxyl groups is 1. The van der Waals surface area contributed by atoms with Gasteiger partial charge in [-0.05, 0) is 29.8 Å². The third kappa shape index (κ3) is 4.17. The predicted octanol–water partition coefficient (Wildman–Crippen LogP) is 2.05. The average Bonchev–Trinajstić information content (AvgIpc) is 2.55. The molecule has 0 saturated carbocycles. The predicted molar refractivity (Wildman–Crippen MR) is 83.2 cm³/mol. The van der Waals surface area contributed by atoms with Crippen molar-refractivity contribution < 1.29 is 19.4 Å². The number of hydrogen-bond acceptors (Lipinski definition) is 4. The Labute approximate surface area is 128 Å². The van der Waals surface area contributed by atoms with Crippen LogP contribution in [0.2, 0.25) is 0 Å². The highest BCUT2D eigenvalue weighted by Gasteiger charge is 2.08. The SMILES string of the molecule is COc1ccc(CC(=O)Nc2cccc(C(=O)CO)c2)cc1. The van der Waals surface area contributed by atoms with Crippen molar-refractivity contribution in [1.82, 2.24) is 0 Å². The number of ketones is 1. The minimum absolute atomic E-state index is 0.182. The molecule has 5 nitrogen and oxygen atoms in total. The summed E-state index contributed by atoms with van der Waals surface area (Å²) in [6, 6.07) is 13.7. The van der Waals surface area contributed by atoms with E-state index >= 15 is 0 Å². The number of methoxy groups -OCH3 is 1. The first-order valence-electron chi connectivity index (χ1n) is 6.79. The van der Waals surface area contributed by atoms with Gasteiger partial charge in [-0.1, -0.05) is 24.3 Å². The molecule has 22 heavy (non-hydrogen) atoms. The van der Waals surface area contributed by atoms with Crippen molar-refractivity contribution in [2.75, 3.05) is 19.0 Å². The van der Waals surface area contributed by atoms with E-state index in [2.05, 4.69) is 5.32 Å². The lowest BCUT2D eigenvalue weighted by Crippen LogP contribution is -2.15. The molecule has 2 aromatic rings. The lowest BCUT2D eigenvalue weighted by Gasteiger charge is -2.07. The summed E-state index contributed by atoms with van der Waals surface area (Å²) in [7, 11) is 1.59. The topological polar surface area (TPSA) is 75.6 Å². The number of aliphatic hydroxyl groups excluding tert-OH is 1. The minimum Gasteiger partial charge on any atom is -0.497 e. The highest BCUT2D eigenvalue weighted by atomic mass is 16.5. The lowest BCUT2D eigenvalue weighted by molar-refractivity contribution is -0.115. The van der Waals surface area contributed by atoms with Crippen LogP contribution in [-0.4, -0.2) is 30.5 Å². The summed E-state index contributed by atoms with van der Waals surface area (Å²) in [4.78, 5) is 23.4. The molecule has 0 aliphatic carbocycles. The van der Waals surface area contributed by atoms with E-state index in [1.165, 1.54) is 0 Å². The van der Waals surface area contributed by atoms with Crippen LogP contribution >= 0.6 is 0 Å². The van der Waals surface area contributed by atoms with E-state index < -0.39 is 6.61 Å². The third-order valence-corrected chi connectivity index (χ3v) is 3.14. The Bertz CT molecular complexity index is 665. The maximum Gasteiger partial charge on any atom is 0.228 e. The molecule has 0 fully saturated rings. The second kappa shape index (κ2) is 7.38. The Hall–Kier alpha value is -2.66. The van der Waals surface area contributed by atoms with Crippen molar-refractivity contribution in [2.24, 2.45) is 0 Å². The molecule has 0 atom stereocenters. The number of carbonyl (C=O) groups excluding carboxylic acids is 2. The van der Waals surface area contributed by atoms with Crippen molar-refractivity contribution >= 4 is 17.4 Å². The summed E-state index contributed by atoms with van der Waals surface area (Å²) in [6.45, 7) is -0.552. The van der Waals surface area contributed by atoms with E-state index in [1.54, 1.807) is 43.5 Å². The van der Waals surface area contributed by atoms with E-state index in [1.807, 2.05) is 12.1 Å². The van der Waals surface area contributed by atoms with Gasteiger partial charge in [-0.2, -0.15) is 0 Å². The second-order valence-electron chi connectivity index (χ2n) is 4.74. The quantitative estimate of drug-likeness (QED) is 0.801. The summed E-state index contributed by atoms with van der Waals surface area (Å²) in [5.41, 5.74) is 1.75. The number of amides is 1. The van der Waals surface area contributed by atoms with Crippen molar-refractivity contribution in [3.8, 4) is 5.75 Å². The number of nitrogens with one attached hydrogen (secondary N) is 1. The number of rotatable bonds is 6. The average molecular weight is 299 g/mol. The standard InChI is InChI=1S/C17H17NO4/c1-22-15-7-5-12(6-8-15)9-17(21)18-14-4-2-3-13(10-14)16(20)11-19/h2-8,10,19H,9,11H2,1H3,(H,18,21). The van der Waals surface area contributed by atoms with Crippen molar-refractivity contribution in [2.45, 2.75) is 6.42 Å². The molecule has 1 amide bonds. The smallest absolute Gasteiger partial charge is 0.228 e. The fourth-order valence-corrected chi connectivity index (χ4v) is 2.00. The second-order valence-corrected chi connectivity index (χ2v) is 4.74. The zero-order valence-corrected chi connectivity index (χ0v) is 12.2. The van der Waals surface area contributed by atoms with Crippen LogP contribution in [0.25, 0.3) is 0 Å². The maximum absolute atomic E-state index is 12.0. The molecule has 0 aliphatic heterocycles. The fraction of sp³-hybridized carbons (Fsp3) is 0.176. The van der Waals surface area contributed by atoms with E-state index in [-0.39, 0.29) is 18.1 Å². The molecule has 0 bridgehead atoms. The van der Waals surface area contributed by atoms with Gasteiger partial charge in [0.2, 0.25) is 5.91 Å². The van der Waals surface area contributed by atoms with Gasteiger partial charge in [0.25, 0.3) is 0 Å². The van der Waals surface area contributed by atoms with Crippen molar-refractivity contribution in [3.63, 3.8) is 0 Å². The molecule has 114 valence electrons. The summed E-state index contributed by atoms with van der Waals surface area (Å²) in [5.74, 6) is 0.171. The highest BCUT2D eigenvalue weighted by Crippen LogP contribution is 2.14. The number of benzene rings is 2. The van der Waals surface area contributed by atoms with Crippen LogP contribution in [0.15, 0.2) is 48.5 Å². The lowest BCUT2D eigenvalue weighted by atomic mass is 10.1. The first-order valence-corrected chi connectivity index (χ1v) is 6.79.